The van der Waals surface area contributed by atoms with Crippen molar-refractivity contribution in [3.63, 3.8) is 0 Å². The first kappa shape index (κ1) is 15.1. The molecule has 1 rings (SSSR count). The van der Waals surface area contributed by atoms with Crippen LogP contribution in [0.3, 0.4) is 0 Å². The quantitative estimate of drug-likeness (QED) is 0.480. The Bertz CT molecular complexity index is 301. The van der Waals surface area contributed by atoms with Gasteiger partial charge in [-0.05, 0) is 24.1 Å². The van der Waals surface area contributed by atoms with E-state index in [2.05, 4.69) is 17.9 Å². The molecule has 0 heterocycles. The first-order chi connectivity index (χ1) is 7.74. The van der Waals surface area contributed by atoms with Gasteiger partial charge in [0.15, 0.2) is 5.62 Å². The Balaban J connectivity index is 0.000000487. The van der Waals surface area contributed by atoms with E-state index in [0.29, 0.717) is 6.41 Å². The average Bonchev–Trinajstić information content (AvgIpc) is 2.32. The smallest absolute Gasteiger partial charge is 0.206 e. The van der Waals surface area contributed by atoms with E-state index >= 15 is 0 Å². The summed E-state index contributed by atoms with van der Waals surface area (Å²) in [5.74, 6) is 0.857. The minimum absolute atomic E-state index is 0.625. The van der Waals surface area contributed by atoms with Gasteiger partial charge in [0.1, 0.15) is 0 Å². The van der Waals surface area contributed by atoms with Crippen molar-refractivity contribution in [3.05, 3.63) is 29.8 Å². The van der Waals surface area contributed by atoms with Crippen LogP contribution >= 0.6 is 24.4 Å². The molecule has 0 aliphatic heterocycles. The number of rotatable bonds is 5. The number of nitrogens with one attached hydrogen (secondary N) is 1. The molecule has 0 bridgehead atoms. The summed E-state index contributed by atoms with van der Waals surface area (Å²) in [4.78, 5) is 20.0. The Morgan fingerprint density at radius 1 is 1.31 bits per heavy atom. The number of thiol groups is 1. The van der Waals surface area contributed by atoms with E-state index in [-0.39, 0.29) is 0 Å². The fourth-order valence-corrected chi connectivity index (χ4v) is 1.49. The van der Waals surface area contributed by atoms with Crippen LogP contribution < -0.4 is 5.32 Å². The summed E-state index contributed by atoms with van der Waals surface area (Å²) in [6.45, 7) is 0. The normalized spacial score (nSPS) is 8.62. The number of carbonyl (C=O) groups is 2. The van der Waals surface area contributed by atoms with E-state index < -0.39 is 0 Å². The van der Waals surface area contributed by atoms with Gasteiger partial charge in [-0.2, -0.15) is 0 Å². The molecule has 0 aliphatic carbocycles. The highest BCUT2D eigenvalue weighted by atomic mass is 32.2. The third kappa shape index (κ3) is 8.38. The third-order valence-corrected chi connectivity index (χ3v) is 2.50. The van der Waals surface area contributed by atoms with Gasteiger partial charge < -0.3 is 5.32 Å². The first-order valence-corrected chi connectivity index (χ1v) is 6.18. The highest BCUT2D eigenvalue weighted by Gasteiger charge is 1.92. The zero-order valence-electron chi connectivity index (χ0n) is 9.05. The van der Waals surface area contributed by atoms with Crippen molar-refractivity contribution in [3.8, 4) is 0 Å². The summed E-state index contributed by atoms with van der Waals surface area (Å²) in [5, 5.41) is 2.25. The number of hydrogen-bond acceptors (Lipinski definition) is 4. The standard InChI is InChI=1S/C9H10OS2.C2H5NO/c10-7-12-6-5-8-1-3-9(11)4-2-8;1-3-2-4/h1-4,7,11H,5-6H2;2H,1H3,(H,3,4). The summed E-state index contributed by atoms with van der Waals surface area (Å²) < 4.78 is 0. The van der Waals surface area contributed by atoms with Crippen molar-refractivity contribution >= 4 is 36.4 Å². The molecule has 0 saturated heterocycles. The van der Waals surface area contributed by atoms with Gasteiger partial charge in [0.2, 0.25) is 6.41 Å². The minimum Gasteiger partial charge on any atom is -0.362 e. The van der Waals surface area contributed by atoms with Gasteiger partial charge in [-0.1, -0.05) is 23.9 Å². The highest BCUT2D eigenvalue weighted by Crippen LogP contribution is 2.09. The molecule has 0 aromatic heterocycles. The van der Waals surface area contributed by atoms with Gasteiger partial charge >= 0.3 is 0 Å². The predicted molar refractivity (Wildman–Crippen MR) is 71.7 cm³/mol. The van der Waals surface area contributed by atoms with Crippen molar-refractivity contribution in [1.29, 1.82) is 0 Å². The van der Waals surface area contributed by atoms with E-state index in [1.54, 1.807) is 7.05 Å². The second-order valence-corrected chi connectivity index (χ2v) is 4.24. The molecule has 1 amide bonds. The molecule has 0 radical (unpaired) electrons. The van der Waals surface area contributed by atoms with Crippen molar-refractivity contribution in [2.24, 2.45) is 0 Å². The maximum atomic E-state index is 10.00. The van der Waals surface area contributed by atoms with Crippen LogP contribution in [0.2, 0.25) is 0 Å². The summed E-state index contributed by atoms with van der Waals surface area (Å²) in [6, 6.07) is 8.00. The molecule has 16 heavy (non-hydrogen) atoms. The number of carbonyl (C=O) groups excluding carboxylic acids is 2. The van der Waals surface area contributed by atoms with Gasteiger partial charge in [-0.15, -0.1) is 12.6 Å². The number of aryl methyl sites for hydroxylation is 1. The molecule has 1 aromatic carbocycles. The highest BCUT2D eigenvalue weighted by molar-refractivity contribution is 8.11. The average molecular weight is 257 g/mol. The second kappa shape index (κ2) is 10.6. The molecule has 88 valence electrons. The predicted octanol–water partition coefficient (Wildman–Crippen LogP) is 1.80. The van der Waals surface area contributed by atoms with E-state index in [0.717, 1.165) is 22.7 Å². The van der Waals surface area contributed by atoms with Gasteiger partial charge in [0.25, 0.3) is 0 Å². The number of thioether (sulfide) groups is 1. The van der Waals surface area contributed by atoms with Crippen molar-refractivity contribution in [2.45, 2.75) is 11.3 Å². The molecular formula is C11H15NO2S2. The molecule has 1 aromatic rings. The Labute approximate surface area is 105 Å². The van der Waals surface area contributed by atoms with Crippen LogP contribution in [0.1, 0.15) is 5.56 Å². The van der Waals surface area contributed by atoms with Crippen molar-refractivity contribution < 1.29 is 9.59 Å². The molecular weight excluding hydrogens is 242 g/mol. The van der Waals surface area contributed by atoms with Crippen LogP contribution in [-0.4, -0.2) is 24.8 Å². The molecule has 3 nitrogen and oxygen atoms in total. The lowest BCUT2D eigenvalue weighted by Crippen LogP contribution is -1.98. The summed E-state index contributed by atoms with van der Waals surface area (Å²) in [5.41, 5.74) is 2.13. The molecule has 0 saturated carbocycles. The molecule has 0 aliphatic rings. The zero-order chi connectivity index (χ0) is 12.2. The number of benzene rings is 1. The SMILES string of the molecule is CNC=O.O=CSCCc1ccc(S)cc1. The Morgan fingerprint density at radius 2 is 1.88 bits per heavy atom. The maximum Gasteiger partial charge on any atom is 0.206 e. The summed E-state index contributed by atoms with van der Waals surface area (Å²) in [7, 11) is 1.56. The molecule has 0 unspecified atom stereocenters. The molecule has 0 spiro atoms. The molecule has 0 fully saturated rings. The van der Waals surface area contributed by atoms with Crippen LogP contribution in [0.25, 0.3) is 0 Å². The monoisotopic (exact) mass is 257 g/mol. The van der Waals surface area contributed by atoms with Gasteiger partial charge in [0.05, 0.1) is 0 Å². The Hall–Kier alpha value is -0.940. The van der Waals surface area contributed by atoms with Crippen LogP contribution in [-0.2, 0) is 16.0 Å². The fourth-order valence-electron chi connectivity index (χ4n) is 0.888. The van der Waals surface area contributed by atoms with E-state index in [4.69, 9.17) is 4.79 Å². The lowest BCUT2D eigenvalue weighted by molar-refractivity contribution is -0.109. The summed E-state index contributed by atoms with van der Waals surface area (Å²) >= 11 is 5.49. The third-order valence-electron chi connectivity index (χ3n) is 1.63. The van der Waals surface area contributed by atoms with Crippen molar-refractivity contribution in [2.75, 3.05) is 12.8 Å². The topological polar surface area (TPSA) is 46.2 Å². The number of hydrogen-bond donors (Lipinski definition) is 2. The fraction of sp³-hybridized carbons (Fsp3) is 0.273. The zero-order valence-corrected chi connectivity index (χ0v) is 10.8. The van der Waals surface area contributed by atoms with E-state index in [1.807, 2.05) is 24.3 Å². The maximum absolute atomic E-state index is 10.00. The lowest BCUT2D eigenvalue weighted by Gasteiger charge is -1.98. The van der Waals surface area contributed by atoms with Crippen molar-refractivity contribution in [1.82, 2.24) is 5.32 Å². The summed E-state index contributed by atoms with van der Waals surface area (Å²) in [6.07, 6.45) is 1.57. The molecule has 1 N–H and O–H groups in total. The van der Waals surface area contributed by atoms with Crippen LogP contribution in [0.4, 0.5) is 0 Å². The Morgan fingerprint density at radius 3 is 2.31 bits per heavy atom. The molecule has 0 atom stereocenters. The number of amides is 1. The largest absolute Gasteiger partial charge is 0.362 e. The van der Waals surface area contributed by atoms with Gasteiger partial charge in [-0.3, -0.25) is 9.59 Å². The van der Waals surface area contributed by atoms with E-state index in [9.17, 15) is 4.79 Å². The van der Waals surface area contributed by atoms with Crippen LogP contribution in [0.5, 0.6) is 0 Å². The first-order valence-electron chi connectivity index (χ1n) is 4.68. The minimum atomic E-state index is 0.625. The van der Waals surface area contributed by atoms with Crippen LogP contribution in [0.15, 0.2) is 29.2 Å². The second-order valence-electron chi connectivity index (χ2n) is 2.79. The van der Waals surface area contributed by atoms with Crippen LogP contribution in [0, 0.1) is 0 Å². The Kier molecular flexibility index (Phi) is 9.95. The van der Waals surface area contributed by atoms with Gasteiger partial charge in [0, 0.05) is 17.7 Å². The molecule has 5 heteroatoms. The lowest BCUT2D eigenvalue weighted by atomic mass is 10.2. The van der Waals surface area contributed by atoms with E-state index in [1.165, 1.54) is 17.3 Å². The van der Waals surface area contributed by atoms with Gasteiger partial charge in [-0.25, -0.2) is 0 Å².